The third-order valence-electron chi connectivity index (χ3n) is 5.40. The number of aryl methyl sites for hydroxylation is 1. The Kier molecular flexibility index (Phi) is 7.05. The molecule has 0 saturated carbocycles. The minimum Gasteiger partial charge on any atom is -0.473 e. The van der Waals surface area contributed by atoms with E-state index in [2.05, 4.69) is 86.0 Å². The van der Waals surface area contributed by atoms with Crippen LogP contribution < -0.4 is 0 Å². The molecule has 0 amide bonds. The lowest BCUT2D eigenvalue weighted by Gasteiger charge is -2.28. The summed E-state index contributed by atoms with van der Waals surface area (Å²) in [6, 6.07) is 19.3. The van der Waals surface area contributed by atoms with Gasteiger partial charge in [-0.15, -0.1) is 0 Å². The van der Waals surface area contributed by atoms with E-state index in [1.807, 2.05) is 0 Å². The van der Waals surface area contributed by atoms with Gasteiger partial charge in [0.15, 0.2) is 0 Å². The van der Waals surface area contributed by atoms with Crippen molar-refractivity contribution in [2.75, 3.05) is 13.1 Å². The van der Waals surface area contributed by atoms with Gasteiger partial charge in [0.1, 0.15) is 0 Å². The molecule has 3 aromatic rings. The molecule has 6 heteroatoms. The Morgan fingerprint density at radius 3 is 2.28 bits per heavy atom. The highest BCUT2D eigenvalue weighted by atomic mass is 16.4. The van der Waals surface area contributed by atoms with Gasteiger partial charge in [-0.3, -0.25) is 0 Å². The summed E-state index contributed by atoms with van der Waals surface area (Å²) in [5, 5.41) is 17.2. The summed E-state index contributed by atoms with van der Waals surface area (Å²) in [6.45, 7) is 10.2. The number of hydrogen-bond acceptors (Lipinski definition) is 4. The maximum atomic E-state index is 9.10. The summed E-state index contributed by atoms with van der Waals surface area (Å²) in [5.41, 5.74) is 7.12. The maximum absolute atomic E-state index is 9.10. The van der Waals surface area contributed by atoms with Crippen LogP contribution in [0.25, 0.3) is 27.6 Å². The molecule has 0 saturated heterocycles. The van der Waals surface area contributed by atoms with Crippen molar-refractivity contribution in [2.45, 2.75) is 20.3 Å². The third-order valence-corrected chi connectivity index (χ3v) is 5.40. The number of nitrogens with zero attached hydrogens (tertiary/aromatic N) is 2. The average molecular weight is 431 g/mol. The number of carboxylic acids is 2. The first-order valence-corrected chi connectivity index (χ1v) is 10.3. The van der Waals surface area contributed by atoms with E-state index in [9.17, 15) is 0 Å². The first kappa shape index (κ1) is 22.7. The van der Waals surface area contributed by atoms with Crippen LogP contribution in [0.15, 0.2) is 72.9 Å². The van der Waals surface area contributed by atoms with Crippen LogP contribution in [0.3, 0.4) is 0 Å². The molecule has 1 aliphatic rings. The number of fused-ring (bicyclic) bond motifs is 1. The van der Waals surface area contributed by atoms with Crippen LogP contribution in [0.1, 0.15) is 24.6 Å². The van der Waals surface area contributed by atoms with Gasteiger partial charge in [-0.05, 0) is 42.9 Å². The van der Waals surface area contributed by atoms with Gasteiger partial charge in [-0.25, -0.2) is 14.6 Å². The average Bonchev–Trinajstić information content (AvgIpc) is 2.79. The minimum atomic E-state index is -1.82. The Morgan fingerprint density at radius 1 is 1.03 bits per heavy atom. The first-order valence-electron chi connectivity index (χ1n) is 10.3. The van der Waals surface area contributed by atoms with E-state index in [-0.39, 0.29) is 0 Å². The molecule has 164 valence electrons. The van der Waals surface area contributed by atoms with Crippen LogP contribution in [-0.4, -0.2) is 45.1 Å². The highest BCUT2D eigenvalue weighted by Gasteiger charge is 2.16. The predicted octanol–water partition coefficient (Wildman–Crippen LogP) is 4.99. The molecular weight excluding hydrogens is 404 g/mol. The van der Waals surface area contributed by atoms with Gasteiger partial charge in [0.25, 0.3) is 0 Å². The lowest BCUT2D eigenvalue weighted by Crippen LogP contribution is -2.26. The summed E-state index contributed by atoms with van der Waals surface area (Å²) in [7, 11) is 0. The van der Waals surface area contributed by atoms with Crippen molar-refractivity contribution in [2.24, 2.45) is 0 Å². The number of aliphatic carboxylic acids is 2. The lowest BCUT2D eigenvalue weighted by molar-refractivity contribution is -0.159. The Hall–Kier alpha value is -3.93. The van der Waals surface area contributed by atoms with E-state index in [0.29, 0.717) is 0 Å². The molecule has 2 heterocycles. The second kappa shape index (κ2) is 9.92. The van der Waals surface area contributed by atoms with E-state index in [1.165, 1.54) is 27.5 Å². The molecule has 1 aliphatic heterocycles. The number of pyridine rings is 1. The molecule has 0 fully saturated rings. The quantitative estimate of drug-likeness (QED) is 0.569. The monoisotopic (exact) mass is 430 g/mol. The molecule has 0 aliphatic carbocycles. The number of benzene rings is 2. The van der Waals surface area contributed by atoms with Crippen molar-refractivity contribution in [3.05, 3.63) is 84.2 Å². The van der Waals surface area contributed by atoms with E-state index in [4.69, 9.17) is 24.8 Å². The van der Waals surface area contributed by atoms with Gasteiger partial charge in [0.2, 0.25) is 0 Å². The first-order chi connectivity index (χ1) is 15.3. The van der Waals surface area contributed by atoms with Crippen LogP contribution >= 0.6 is 0 Å². The second-order valence-electron chi connectivity index (χ2n) is 7.66. The zero-order valence-electron chi connectivity index (χ0n) is 18.2. The molecule has 1 aromatic heterocycles. The third kappa shape index (κ3) is 5.21. The molecule has 2 N–H and O–H groups in total. The molecule has 0 bridgehead atoms. The topological polar surface area (TPSA) is 90.7 Å². The number of allylic oxidation sites excluding steroid dienone is 1. The SMILES string of the molecule is C=C(C)N1CC=C(c2cc3ccccc3c(-c3ccccc3C)n2)CC1.O=C(O)C(=O)O. The fourth-order valence-corrected chi connectivity index (χ4v) is 3.66. The fourth-order valence-electron chi connectivity index (χ4n) is 3.66. The number of aromatic nitrogens is 1. The van der Waals surface area contributed by atoms with E-state index in [1.54, 1.807) is 0 Å². The second-order valence-corrected chi connectivity index (χ2v) is 7.66. The minimum absolute atomic E-state index is 0.916. The molecule has 0 unspecified atom stereocenters. The summed E-state index contributed by atoms with van der Waals surface area (Å²) in [4.78, 5) is 25.6. The lowest BCUT2D eigenvalue weighted by atomic mass is 9.97. The van der Waals surface area contributed by atoms with Gasteiger partial charge in [-0.1, -0.05) is 61.2 Å². The molecule has 4 rings (SSSR count). The maximum Gasteiger partial charge on any atom is 0.414 e. The van der Waals surface area contributed by atoms with Crippen molar-refractivity contribution in [1.82, 2.24) is 9.88 Å². The van der Waals surface area contributed by atoms with Crippen LogP contribution in [-0.2, 0) is 9.59 Å². The Morgan fingerprint density at radius 2 is 1.69 bits per heavy atom. The van der Waals surface area contributed by atoms with Crippen molar-refractivity contribution < 1.29 is 19.8 Å². The number of rotatable bonds is 3. The zero-order valence-corrected chi connectivity index (χ0v) is 18.2. The highest BCUT2D eigenvalue weighted by Crippen LogP contribution is 2.33. The van der Waals surface area contributed by atoms with E-state index < -0.39 is 11.9 Å². The number of carbonyl (C=O) groups is 2. The van der Waals surface area contributed by atoms with Gasteiger partial charge >= 0.3 is 11.9 Å². The summed E-state index contributed by atoms with van der Waals surface area (Å²) in [5.74, 6) is -3.65. The van der Waals surface area contributed by atoms with Crippen molar-refractivity contribution in [1.29, 1.82) is 0 Å². The molecule has 6 nitrogen and oxygen atoms in total. The van der Waals surface area contributed by atoms with Crippen molar-refractivity contribution in [3.8, 4) is 11.3 Å². The zero-order chi connectivity index (χ0) is 23.3. The van der Waals surface area contributed by atoms with Crippen LogP contribution in [0, 0.1) is 6.92 Å². The van der Waals surface area contributed by atoms with Gasteiger partial charge in [-0.2, -0.15) is 0 Å². The smallest absolute Gasteiger partial charge is 0.414 e. The largest absolute Gasteiger partial charge is 0.473 e. The fraction of sp³-hybridized carbons (Fsp3) is 0.192. The van der Waals surface area contributed by atoms with Gasteiger partial charge < -0.3 is 15.1 Å². The normalized spacial score (nSPS) is 13.1. The molecule has 32 heavy (non-hydrogen) atoms. The Bertz CT molecular complexity index is 1200. The Labute approximate surface area is 187 Å². The molecular formula is C26H26N2O4. The highest BCUT2D eigenvalue weighted by molar-refractivity contribution is 6.27. The summed E-state index contributed by atoms with van der Waals surface area (Å²) >= 11 is 0. The predicted molar refractivity (Wildman–Crippen MR) is 126 cm³/mol. The number of hydrogen-bond donors (Lipinski definition) is 2. The van der Waals surface area contributed by atoms with Crippen LogP contribution in [0.5, 0.6) is 0 Å². The van der Waals surface area contributed by atoms with Gasteiger partial charge in [0.05, 0.1) is 11.4 Å². The van der Waals surface area contributed by atoms with E-state index in [0.717, 1.165) is 36.6 Å². The van der Waals surface area contributed by atoms with Crippen LogP contribution in [0.2, 0.25) is 0 Å². The molecule has 0 spiro atoms. The van der Waals surface area contributed by atoms with Gasteiger partial charge in [0, 0.05) is 29.7 Å². The van der Waals surface area contributed by atoms with Crippen molar-refractivity contribution in [3.63, 3.8) is 0 Å². The van der Waals surface area contributed by atoms with E-state index >= 15 is 0 Å². The molecule has 0 atom stereocenters. The van der Waals surface area contributed by atoms with Crippen molar-refractivity contribution >= 4 is 28.3 Å². The van der Waals surface area contributed by atoms with Crippen LogP contribution in [0.4, 0.5) is 0 Å². The summed E-state index contributed by atoms with van der Waals surface area (Å²) in [6.07, 6.45) is 3.31. The molecule has 0 radical (unpaired) electrons. The number of carboxylic acid groups (broad SMARTS) is 2. The summed E-state index contributed by atoms with van der Waals surface area (Å²) < 4.78 is 0. The Balaban J connectivity index is 0.000000427. The standard InChI is InChI=1S/C24H24N2.C2H2O4/c1-17(2)26-14-12-19(13-15-26)23-16-20-9-5-7-11-22(20)24(25-23)21-10-6-4-8-18(21)3;3-1(4)2(5)6/h4-12,16H,1,13-15H2,2-3H3;(H,3,4)(H,5,6). The molecule has 2 aromatic carbocycles.